The van der Waals surface area contributed by atoms with Crippen LogP contribution in [0.1, 0.15) is 15.9 Å². The summed E-state index contributed by atoms with van der Waals surface area (Å²) in [5.74, 6) is -0.734. The fourth-order valence-electron chi connectivity index (χ4n) is 1.68. The van der Waals surface area contributed by atoms with Crippen molar-refractivity contribution in [3.05, 3.63) is 58.6 Å². The molecule has 2 rings (SSSR count). The van der Waals surface area contributed by atoms with Crippen LogP contribution in [0.15, 0.2) is 36.7 Å². The molecule has 0 atom stereocenters. The van der Waals surface area contributed by atoms with E-state index in [1.54, 1.807) is 19.3 Å². The number of rotatable bonds is 2. The minimum atomic E-state index is -0.511. The van der Waals surface area contributed by atoms with Crippen molar-refractivity contribution in [1.29, 1.82) is 0 Å². The molecule has 0 bridgehead atoms. The van der Waals surface area contributed by atoms with Crippen LogP contribution in [0.5, 0.6) is 0 Å². The van der Waals surface area contributed by atoms with Gasteiger partial charge in [0.15, 0.2) is 0 Å². The summed E-state index contributed by atoms with van der Waals surface area (Å²) >= 11 is 5.71. The Labute approximate surface area is 115 Å². The van der Waals surface area contributed by atoms with Gasteiger partial charge in [0.1, 0.15) is 5.82 Å². The molecule has 1 amide bonds. The van der Waals surface area contributed by atoms with Crippen LogP contribution >= 0.6 is 11.6 Å². The Hall–Kier alpha value is -1.94. The number of anilines is 1. The van der Waals surface area contributed by atoms with Gasteiger partial charge in [0.05, 0.1) is 10.6 Å². The molecule has 98 valence electrons. The lowest BCUT2D eigenvalue weighted by atomic mass is 10.2. The van der Waals surface area contributed by atoms with E-state index in [0.717, 1.165) is 5.56 Å². The summed E-state index contributed by atoms with van der Waals surface area (Å²) in [6.07, 6.45) is 3.17. The van der Waals surface area contributed by atoms with Gasteiger partial charge in [-0.15, -0.1) is 0 Å². The molecular formula is C14H12ClFN2O. The van der Waals surface area contributed by atoms with Gasteiger partial charge in [-0.05, 0) is 36.8 Å². The Morgan fingerprint density at radius 3 is 2.68 bits per heavy atom. The molecule has 0 spiro atoms. The Morgan fingerprint density at radius 2 is 2.05 bits per heavy atom. The number of halogens is 2. The quantitative estimate of drug-likeness (QED) is 0.843. The summed E-state index contributed by atoms with van der Waals surface area (Å²) < 4.78 is 13.1. The molecule has 0 radical (unpaired) electrons. The third-order valence-corrected chi connectivity index (χ3v) is 3.01. The van der Waals surface area contributed by atoms with E-state index in [4.69, 9.17) is 11.6 Å². The first-order valence-corrected chi connectivity index (χ1v) is 6.01. The van der Waals surface area contributed by atoms with Crippen LogP contribution in [-0.4, -0.2) is 17.9 Å². The second-order valence-corrected chi connectivity index (χ2v) is 4.62. The van der Waals surface area contributed by atoms with Crippen LogP contribution in [0, 0.1) is 12.7 Å². The van der Waals surface area contributed by atoms with Crippen LogP contribution in [0.3, 0.4) is 0 Å². The summed E-state index contributed by atoms with van der Waals surface area (Å²) in [5.41, 5.74) is 1.90. The van der Waals surface area contributed by atoms with Crippen molar-refractivity contribution in [3.8, 4) is 0 Å². The van der Waals surface area contributed by atoms with Crippen LogP contribution in [0.25, 0.3) is 0 Å². The normalized spacial score (nSPS) is 10.3. The third-order valence-electron chi connectivity index (χ3n) is 2.72. The van der Waals surface area contributed by atoms with Crippen molar-refractivity contribution >= 4 is 23.2 Å². The summed E-state index contributed by atoms with van der Waals surface area (Å²) in [4.78, 5) is 17.6. The van der Waals surface area contributed by atoms with Gasteiger partial charge >= 0.3 is 0 Å². The van der Waals surface area contributed by atoms with Crippen molar-refractivity contribution in [2.45, 2.75) is 6.92 Å². The van der Waals surface area contributed by atoms with Crippen molar-refractivity contribution in [2.24, 2.45) is 0 Å². The van der Waals surface area contributed by atoms with E-state index in [9.17, 15) is 9.18 Å². The fourth-order valence-corrected chi connectivity index (χ4v) is 1.85. The first kappa shape index (κ1) is 13.5. The largest absolute Gasteiger partial charge is 0.311 e. The van der Waals surface area contributed by atoms with E-state index >= 15 is 0 Å². The van der Waals surface area contributed by atoms with Gasteiger partial charge in [-0.2, -0.15) is 0 Å². The van der Waals surface area contributed by atoms with Crippen molar-refractivity contribution in [1.82, 2.24) is 4.98 Å². The van der Waals surface area contributed by atoms with Gasteiger partial charge in [-0.3, -0.25) is 9.78 Å². The van der Waals surface area contributed by atoms with Crippen LogP contribution in [0.2, 0.25) is 5.02 Å². The number of carbonyl (C=O) groups is 1. The van der Waals surface area contributed by atoms with E-state index in [2.05, 4.69) is 4.98 Å². The molecule has 5 heteroatoms. The standard InChI is InChI=1S/C14H12ClFN2O/c1-9-5-10(8-17-7-9)14(19)18(2)11-3-4-13(16)12(15)6-11/h3-8H,1-2H3. The number of hydrogen-bond acceptors (Lipinski definition) is 2. The number of hydrogen-bond donors (Lipinski definition) is 0. The maximum absolute atomic E-state index is 13.1. The third kappa shape index (κ3) is 2.90. The molecular weight excluding hydrogens is 267 g/mol. The van der Waals surface area contributed by atoms with Gasteiger partial charge in [0.2, 0.25) is 0 Å². The summed E-state index contributed by atoms with van der Waals surface area (Å²) in [7, 11) is 1.61. The molecule has 0 aliphatic carbocycles. The highest BCUT2D eigenvalue weighted by molar-refractivity contribution is 6.31. The number of aromatic nitrogens is 1. The number of benzene rings is 1. The zero-order valence-corrected chi connectivity index (χ0v) is 11.3. The van der Waals surface area contributed by atoms with Crippen molar-refractivity contribution in [3.63, 3.8) is 0 Å². The fraction of sp³-hybridized carbons (Fsp3) is 0.143. The van der Waals surface area contributed by atoms with E-state index in [0.29, 0.717) is 11.3 Å². The van der Waals surface area contributed by atoms with Crippen LogP contribution < -0.4 is 4.90 Å². The first-order valence-electron chi connectivity index (χ1n) is 5.64. The molecule has 1 heterocycles. The second-order valence-electron chi connectivity index (χ2n) is 4.21. The number of carbonyl (C=O) groups excluding carboxylic acids is 1. The minimum absolute atomic E-state index is 0.0143. The van der Waals surface area contributed by atoms with Gasteiger partial charge < -0.3 is 4.90 Å². The molecule has 0 saturated heterocycles. The highest BCUT2D eigenvalue weighted by Gasteiger charge is 2.15. The highest BCUT2D eigenvalue weighted by atomic mass is 35.5. The Balaban J connectivity index is 2.30. The maximum Gasteiger partial charge on any atom is 0.259 e. The average molecular weight is 279 g/mol. The summed E-state index contributed by atoms with van der Waals surface area (Å²) in [5, 5.41) is -0.0143. The second kappa shape index (κ2) is 5.36. The molecule has 0 N–H and O–H groups in total. The van der Waals surface area contributed by atoms with Gasteiger partial charge in [0.25, 0.3) is 5.91 Å². The summed E-state index contributed by atoms with van der Waals surface area (Å²) in [6.45, 7) is 1.86. The zero-order chi connectivity index (χ0) is 14.0. The zero-order valence-electron chi connectivity index (χ0n) is 10.5. The van der Waals surface area contributed by atoms with Crippen molar-refractivity contribution in [2.75, 3.05) is 11.9 Å². The van der Waals surface area contributed by atoms with Crippen LogP contribution in [-0.2, 0) is 0 Å². The number of nitrogens with zero attached hydrogens (tertiary/aromatic N) is 2. The monoisotopic (exact) mass is 278 g/mol. The van der Waals surface area contributed by atoms with Crippen molar-refractivity contribution < 1.29 is 9.18 Å². The lowest BCUT2D eigenvalue weighted by molar-refractivity contribution is 0.0992. The predicted octanol–water partition coefficient (Wildman–Crippen LogP) is 3.46. The van der Waals surface area contributed by atoms with Gasteiger partial charge in [-0.1, -0.05) is 11.6 Å². The van der Waals surface area contributed by atoms with E-state index < -0.39 is 5.82 Å². The summed E-state index contributed by atoms with van der Waals surface area (Å²) in [6, 6.07) is 5.90. The lowest BCUT2D eigenvalue weighted by Gasteiger charge is -2.17. The lowest BCUT2D eigenvalue weighted by Crippen LogP contribution is -2.26. The first-order chi connectivity index (χ1) is 8.99. The molecule has 2 aromatic rings. The topological polar surface area (TPSA) is 33.2 Å². The SMILES string of the molecule is Cc1cncc(C(=O)N(C)c2ccc(F)c(Cl)c2)c1. The van der Waals surface area contributed by atoms with Gasteiger partial charge in [0, 0.05) is 25.1 Å². The molecule has 0 saturated carbocycles. The van der Waals surface area contributed by atoms with E-state index in [1.165, 1.54) is 29.3 Å². The molecule has 1 aromatic heterocycles. The molecule has 19 heavy (non-hydrogen) atoms. The average Bonchev–Trinajstić information content (AvgIpc) is 2.40. The van der Waals surface area contributed by atoms with E-state index in [1.807, 2.05) is 6.92 Å². The predicted molar refractivity (Wildman–Crippen MR) is 73.1 cm³/mol. The van der Waals surface area contributed by atoms with Gasteiger partial charge in [-0.25, -0.2) is 4.39 Å². The molecule has 0 unspecified atom stereocenters. The maximum atomic E-state index is 13.1. The Morgan fingerprint density at radius 1 is 1.32 bits per heavy atom. The Bertz CT molecular complexity index is 631. The molecule has 0 aliphatic rings. The van der Waals surface area contributed by atoms with E-state index in [-0.39, 0.29) is 10.9 Å². The smallest absolute Gasteiger partial charge is 0.259 e. The highest BCUT2D eigenvalue weighted by Crippen LogP contribution is 2.23. The number of amides is 1. The van der Waals surface area contributed by atoms with Crippen LogP contribution in [0.4, 0.5) is 10.1 Å². The minimum Gasteiger partial charge on any atom is -0.311 e. The number of aryl methyl sites for hydroxylation is 1. The molecule has 0 fully saturated rings. The number of pyridine rings is 1. The Kier molecular flexibility index (Phi) is 3.81. The molecule has 1 aromatic carbocycles. The molecule has 3 nitrogen and oxygen atoms in total. The molecule has 0 aliphatic heterocycles.